The molecule has 5 nitrogen and oxygen atoms in total. The summed E-state index contributed by atoms with van der Waals surface area (Å²) in [7, 11) is 0. The molecule has 0 unspecified atom stereocenters. The SMILES string of the molecule is C[C@H](NC(=O)c1cc(-c2ccccn2)nc2ccc(Cl)cc12)[C@@H]1CCCO1. The molecule has 0 saturated carbocycles. The summed E-state index contributed by atoms with van der Waals surface area (Å²) in [6.45, 7) is 2.73. The molecule has 1 saturated heterocycles. The summed E-state index contributed by atoms with van der Waals surface area (Å²) >= 11 is 6.17. The Morgan fingerprint density at radius 3 is 2.89 bits per heavy atom. The number of halogens is 1. The van der Waals surface area contributed by atoms with Gasteiger partial charge >= 0.3 is 0 Å². The van der Waals surface area contributed by atoms with Gasteiger partial charge < -0.3 is 10.1 Å². The Morgan fingerprint density at radius 2 is 2.15 bits per heavy atom. The van der Waals surface area contributed by atoms with E-state index in [1.165, 1.54) is 0 Å². The van der Waals surface area contributed by atoms with E-state index in [1.807, 2.05) is 31.2 Å². The summed E-state index contributed by atoms with van der Waals surface area (Å²) in [6, 6.07) is 12.7. The average molecular weight is 382 g/mol. The second-order valence-corrected chi connectivity index (χ2v) is 7.18. The van der Waals surface area contributed by atoms with Gasteiger partial charge in [-0.15, -0.1) is 0 Å². The highest BCUT2D eigenvalue weighted by atomic mass is 35.5. The number of carbonyl (C=O) groups excluding carboxylic acids is 1. The zero-order valence-corrected chi connectivity index (χ0v) is 15.7. The van der Waals surface area contributed by atoms with Crippen LogP contribution < -0.4 is 5.32 Å². The fourth-order valence-corrected chi connectivity index (χ4v) is 3.58. The van der Waals surface area contributed by atoms with Crippen LogP contribution in [0.15, 0.2) is 48.7 Å². The van der Waals surface area contributed by atoms with Gasteiger partial charge in [0.25, 0.3) is 5.91 Å². The van der Waals surface area contributed by atoms with Crippen LogP contribution in [0, 0.1) is 0 Å². The zero-order valence-electron chi connectivity index (χ0n) is 15.0. The van der Waals surface area contributed by atoms with Crippen molar-refractivity contribution in [3.8, 4) is 11.4 Å². The van der Waals surface area contributed by atoms with Crippen molar-refractivity contribution >= 4 is 28.4 Å². The summed E-state index contributed by atoms with van der Waals surface area (Å²) in [6.07, 6.45) is 3.76. The molecule has 1 aliphatic heterocycles. The molecule has 3 aromatic rings. The minimum absolute atomic E-state index is 0.0564. The Labute approximate surface area is 162 Å². The highest BCUT2D eigenvalue weighted by molar-refractivity contribution is 6.31. The Hall–Kier alpha value is -2.50. The number of pyridine rings is 2. The molecule has 1 amide bonds. The maximum Gasteiger partial charge on any atom is 0.252 e. The summed E-state index contributed by atoms with van der Waals surface area (Å²) in [5.41, 5.74) is 2.61. The van der Waals surface area contributed by atoms with Crippen LogP contribution in [0.25, 0.3) is 22.3 Å². The van der Waals surface area contributed by atoms with Crippen molar-refractivity contribution in [1.82, 2.24) is 15.3 Å². The van der Waals surface area contributed by atoms with Crippen LogP contribution in [-0.4, -0.2) is 34.6 Å². The van der Waals surface area contributed by atoms with Gasteiger partial charge in [0.1, 0.15) is 0 Å². The molecule has 1 aliphatic rings. The third kappa shape index (κ3) is 3.80. The largest absolute Gasteiger partial charge is 0.376 e. The molecule has 4 rings (SSSR count). The van der Waals surface area contributed by atoms with Crippen LogP contribution in [0.2, 0.25) is 5.02 Å². The number of nitrogens with one attached hydrogen (secondary N) is 1. The van der Waals surface area contributed by atoms with Gasteiger partial charge in [-0.05, 0) is 56.2 Å². The number of rotatable bonds is 4. The van der Waals surface area contributed by atoms with Gasteiger partial charge in [-0.25, -0.2) is 4.98 Å². The van der Waals surface area contributed by atoms with E-state index in [0.29, 0.717) is 21.8 Å². The van der Waals surface area contributed by atoms with Gasteiger partial charge in [0.2, 0.25) is 0 Å². The number of aromatic nitrogens is 2. The van der Waals surface area contributed by atoms with E-state index in [0.717, 1.165) is 30.5 Å². The molecule has 0 spiro atoms. The number of fused-ring (bicyclic) bond motifs is 1. The Kier molecular flexibility index (Phi) is 5.05. The molecule has 0 aliphatic carbocycles. The molecular weight excluding hydrogens is 362 g/mol. The fourth-order valence-electron chi connectivity index (χ4n) is 3.41. The van der Waals surface area contributed by atoms with Crippen LogP contribution in [0.4, 0.5) is 0 Å². The standard InChI is InChI=1S/C21H20ClN3O2/c1-13(20-6-4-10-27-20)24-21(26)16-12-19(18-5-2-3-9-23-18)25-17-8-7-14(22)11-15(16)17/h2-3,5,7-9,11-13,20H,4,6,10H2,1H3,(H,24,26)/t13-,20-/m0/s1. The summed E-state index contributed by atoms with van der Waals surface area (Å²) in [5, 5.41) is 4.36. The topological polar surface area (TPSA) is 64.1 Å². The smallest absolute Gasteiger partial charge is 0.252 e. The van der Waals surface area contributed by atoms with Crippen LogP contribution >= 0.6 is 11.6 Å². The predicted octanol–water partition coefficient (Wildman–Crippen LogP) is 4.25. The van der Waals surface area contributed by atoms with Crippen molar-refractivity contribution in [3.05, 3.63) is 59.2 Å². The molecular formula is C21H20ClN3O2. The third-order valence-electron chi connectivity index (χ3n) is 4.82. The first-order valence-electron chi connectivity index (χ1n) is 9.06. The van der Waals surface area contributed by atoms with Crippen molar-refractivity contribution in [2.45, 2.75) is 31.9 Å². The van der Waals surface area contributed by atoms with Crippen LogP contribution in [-0.2, 0) is 4.74 Å². The molecule has 27 heavy (non-hydrogen) atoms. The van der Waals surface area contributed by atoms with E-state index in [9.17, 15) is 4.79 Å². The van der Waals surface area contributed by atoms with Gasteiger partial charge in [-0.2, -0.15) is 0 Å². The van der Waals surface area contributed by atoms with Gasteiger partial charge in [-0.3, -0.25) is 9.78 Å². The predicted molar refractivity (Wildman–Crippen MR) is 106 cm³/mol. The molecule has 0 radical (unpaired) electrons. The number of hydrogen-bond acceptors (Lipinski definition) is 4. The lowest BCUT2D eigenvalue weighted by Gasteiger charge is -2.20. The molecule has 0 bridgehead atoms. The van der Waals surface area contributed by atoms with Crippen molar-refractivity contribution in [2.24, 2.45) is 0 Å². The van der Waals surface area contributed by atoms with Crippen LogP contribution in [0.3, 0.4) is 0 Å². The third-order valence-corrected chi connectivity index (χ3v) is 5.06. The fraction of sp³-hybridized carbons (Fsp3) is 0.286. The number of amides is 1. The van der Waals surface area contributed by atoms with Crippen LogP contribution in [0.5, 0.6) is 0 Å². The van der Waals surface area contributed by atoms with Crippen molar-refractivity contribution < 1.29 is 9.53 Å². The highest BCUT2D eigenvalue weighted by Gasteiger charge is 2.25. The monoisotopic (exact) mass is 381 g/mol. The van der Waals surface area contributed by atoms with Crippen molar-refractivity contribution in [3.63, 3.8) is 0 Å². The van der Waals surface area contributed by atoms with Crippen LogP contribution in [0.1, 0.15) is 30.1 Å². The maximum absolute atomic E-state index is 13.1. The van der Waals surface area contributed by atoms with Gasteiger partial charge in [0, 0.05) is 23.2 Å². The first-order chi connectivity index (χ1) is 13.1. The Balaban J connectivity index is 1.75. The number of ether oxygens (including phenoxy) is 1. The second-order valence-electron chi connectivity index (χ2n) is 6.75. The van der Waals surface area contributed by atoms with Crippen molar-refractivity contribution in [2.75, 3.05) is 6.61 Å². The average Bonchev–Trinajstić information content (AvgIpc) is 3.23. The highest BCUT2D eigenvalue weighted by Crippen LogP contribution is 2.26. The summed E-state index contributed by atoms with van der Waals surface area (Å²) < 4.78 is 5.69. The van der Waals surface area contributed by atoms with E-state index >= 15 is 0 Å². The summed E-state index contributed by atoms with van der Waals surface area (Å²) in [4.78, 5) is 22.1. The van der Waals surface area contributed by atoms with E-state index < -0.39 is 0 Å². The molecule has 3 heterocycles. The minimum atomic E-state index is -0.162. The number of nitrogens with zero attached hydrogens (tertiary/aromatic N) is 2. The van der Waals surface area contributed by atoms with Gasteiger partial charge in [-0.1, -0.05) is 17.7 Å². The molecule has 1 N–H and O–H groups in total. The quantitative estimate of drug-likeness (QED) is 0.733. The number of benzene rings is 1. The maximum atomic E-state index is 13.1. The zero-order chi connectivity index (χ0) is 18.8. The molecule has 2 aromatic heterocycles. The minimum Gasteiger partial charge on any atom is -0.376 e. The first kappa shape index (κ1) is 17.9. The number of carbonyl (C=O) groups is 1. The van der Waals surface area contributed by atoms with E-state index in [4.69, 9.17) is 16.3 Å². The molecule has 1 aromatic carbocycles. The van der Waals surface area contributed by atoms with E-state index in [2.05, 4.69) is 15.3 Å². The number of hydrogen-bond donors (Lipinski definition) is 1. The molecule has 1 fully saturated rings. The Morgan fingerprint density at radius 1 is 1.26 bits per heavy atom. The lowest BCUT2D eigenvalue weighted by atomic mass is 10.0. The molecule has 138 valence electrons. The van der Waals surface area contributed by atoms with Gasteiger partial charge in [0.05, 0.1) is 34.6 Å². The second kappa shape index (κ2) is 7.62. The first-order valence-corrected chi connectivity index (χ1v) is 9.44. The molecule has 2 atom stereocenters. The normalized spacial score (nSPS) is 17.8. The Bertz CT molecular complexity index is 972. The van der Waals surface area contributed by atoms with Crippen molar-refractivity contribution in [1.29, 1.82) is 0 Å². The summed E-state index contributed by atoms with van der Waals surface area (Å²) in [5.74, 6) is -0.162. The lowest BCUT2D eigenvalue weighted by molar-refractivity contribution is 0.0713. The van der Waals surface area contributed by atoms with Gasteiger partial charge in [0.15, 0.2) is 0 Å². The van der Waals surface area contributed by atoms with E-state index in [-0.39, 0.29) is 18.1 Å². The lowest BCUT2D eigenvalue weighted by Crippen LogP contribution is -2.40. The molecule has 6 heteroatoms. The van der Waals surface area contributed by atoms with E-state index in [1.54, 1.807) is 24.4 Å².